The molecule has 1 amide bonds. The summed E-state index contributed by atoms with van der Waals surface area (Å²) in [6, 6.07) is 7.61. The zero-order valence-electron chi connectivity index (χ0n) is 16.6. The van der Waals surface area contributed by atoms with Crippen LogP contribution in [0.2, 0.25) is 0 Å². The molecule has 0 saturated carbocycles. The Morgan fingerprint density at radius 2 is 2.11 bits per heavy atom. The van der Waals surface area contributed by atoms with Crippen LogP contribution in [0, 0.1) is 12.3 Å². The Kier molecular flexibility index (Phi) is 7.70. The van der Waals surface area contributed by atoms with Crippen molar-refractivity contribution in [1.82, 2.24) is 20.1 Å². The second kappa shape index (κ2) is 10.00. The Hall–Kier alpha value is -2.72. The predicted molar refractivity (Wildman–Crippen MR) is 113 cm³/mol. The highest BCUT2D eigenvalue weighted by molar-refractivity contribution is 7.99. The van der Waals surface area contributed by atoms with E-state index in [1.54, 1.807) is 13.2 Å². The fourth-order valence-corrected chi connectivity index (χ4v) is 3.57. The quantitative estimate of drug-likeness (QED) is 0.377. The van der Waals surface area contributed by atoms with Gasteiger partial charge in [0.2, 0.25) is 5.91 Å². The van der Waals surface area contributed by atoms with Gasteiger partial charge in [-0.15, -0.1) is 23.2 Å². The summed E-state index contributed by atoms with van der Waals surface area (Å²) >= 11 is 1.32. The highest BCUT2D eigenvalue weighted by atomic mass is 32.2. The number of terminal acetylenes is 1. The number of carbonyl (C=O) groups excluding carboxylic acids is 1. The molecule has 1 aromatic heterocycles. The zero-order valence-corrected chi connectivity index (χ0v) is 17.4. The number of allylic oxidation sites excluding steroid dienone is 1. The smallest absolute Gasteiger partial charge is 0.231 e. The van der Waals surface area contributed by atoms with Gasteiger partial charge in [0.1, 0.15) is 11.3 Å². The third-order valence-electron chi connectivity index (χ3n) is 4.57. The van der Waals surface area contributed by atoms with Gasteiger partial charge in [0.15, 0.2) is 11.0 Å². The highest BCUT2D eigenvalue weighted by Gasteiger charge is 2.25. The molecule has 0 saturated heterocycles. The molecule has 0 unspecified atom stereocenters. The van der Waals surface area contributed by atoms with Gasteiger partial charge in [-0.2, -0.15) is 0 Å². The second-order valence-electron chi connectivity index (χ2n) is 6.18. The van der Waals surface area contributed by atoms with Gasteiger partial charge >= 0.3 is 0 Å². The van der Waals surface area contributed by atoms with Crippen LogP contribution in [0.3, 0.4) is 0 Å². The lowest BCUT2D eigenvalue weighted by atomic mass is 9.94. The first-order chi connectivity index (χ1) is 13.5. The van der Waals surface area contributed by atoms with Gasteiger partial charge in [-0.25, -0.2) is 0 Å². The van der Waals surface area contributed by atoms with E-state index < -0.39 is 5.54 Å². The summed E-state index contributed by atoms with van der Waals surface area (Å²) in [5.74, 6) is 4.16. The maximum Gasteiger partial charge on any atom is 0.231 e. The normalized spacial score (nSPS) is 10.9. The molecule has 6 nitrogen and oxygen atoms in total. The first kappa shape index (κ1) is 21.6. The van der Waals surface area contributed by atoms with E-state index in [1.165, 1.54) is 11.8 Å². The van der Waals surface area contributed by atoms with Crippen LogP contribution in [0.15, 0.2) is 42.1 Å². The molecular formula is C21H26N4O2S. The number of para-hydroxylation sites is 1. The van der Waals surface area contributed by atoms with Crippen LogP contribution in [-0.4, -0.2) is 39.1 Å². The lowest BCUT2D eigenvalue weighted by molar-refractivity contribution is -0.119. The third-order valence-corrected chi connectivity index (χ3v) is 5.54. The first-order valence-corrected chi connectivity index (χ1v) is 10.1. The molecule has 0 aliphatic rings. The lowest BCUT2D eigenvalue weighted by Crippen LogP contribution is -2.47. The van der Waals surface area contributed by atoms with Crippen LogP contribution >= 0.6 is 11.8 Å². The van der Waals surface area contributed by atoms with Crippen molar-refractivity contribution in [3.63, 3.8) is 0 Å². The van der Waals surface area contributed by atoms with Crippen LogP contribution in [0.1, 0.15) is 26.7 Å². The number of amides is 1. The summed E-state index contributed by atoms with van der Waals surface area (Å²) < 4.78 is 7.35. The summed E-state index contributed by atoms with van der Waals surface area (Å²) in [5, 5.41) is 12.2. The Bertz CT molecular complexity index is 866. The molecular weight excluding hydrogens is 372 g/mol. The van der Waals surface area contributed by atoms with Crippen molar-refractivity contribution in [2.45, 2.75) is 43.9 Å². The van der Waals surface area contributed by atoms with Gasteiger partial charge in [-0.1, -0.05) is 49.7 Å². The number of carbonyl (C=O) groups is 1. The Labute approximate surface area is 170 Å². The van der Waals surface area contributed by atoms with Gasteiger partial charge in [0.05, 0.1) is 18.4 Å². The van der Waals surface area contributed by atoms with E-state index in [4.69, 9.17) is 11.2 Å². The third kappa shape index (κ3) is 4.76. The van der Waals surface area contributed by atoms with Gasteiger partial charge < -0.3 is 10.1 Å². The molecule has 148 valence electrons. The zero-order chi connectivity index (χ0) is 20.6. The van der Waals surface area contributed by atoms with Crippen LogP contribution < -0.4 is 10.1 Å². The molecule has 2 aromatic rings. The summed E-state index contributed by atoms with van der Waals surface area (Å²) in [7, 11) is 1.62. The van der Waals surface area contributed by atoms with Gasteiger partial charge in [0, 0.05) is 6.54 Å². The molecule has 28 heavy (non-hydrogen) atoms. The maximum atomic E-state index is 12.4. The fourth-order valence-electron chi connectivity index (χ4n) is 2.82. The molecule has 0 radical (unpaired) electrons. The van der Waals surface area contributed by atoms with Gasteiger partial charge in [0.25, 0.3) is 0 Å². The van der Waals surface area contributed by atoms with Crippen molar-refractivity contribution in [2.24, 2.45) is 0 Å². The topological polar surface area (TPSA) is 69.0 Å². The van der Waals surface area contributed by atoms with Crippen LogP contribution in [0.25, 0.3) is 11.4 Å². The van der Waals surface area contributed by atoms with Crippen molar-refractivity contribution in [2.75, 3.05) is 12.9 Å². The summed E-state index contributed by atoms with van der Waals surface area (Å²) in [4.78, 5) is 12.4. The standard InChI is InChI=1S/C21H26N4O2S/c1-6-14-25-19(16-12-10-11-13-17(16)27-5)23-24-20(25)28-15-18(26)22-21(7-2,8-3)9-4/h2,6,10-13H,1,8-9,14-15H2,3-5H3,(H,22,26). The highest BCUT2D eigenvalue weighted by Crippen LogP contribution is 2.31. The number of nitrogens with one attached hydrogen (secondary N) is 1. The predicted octanol–water partition coefficient (Wildman–Crippen LogP) is 3.54. The summed E-state index contributed by atoms with van der Waals surface area (Å²) in [6.45, 7) is 8.27. The van der Waals surface area contributed by atoms with E-state index >= 15 is 0 Å². The number of hydrogen-bond acceptors (Lipinski definition) is 5. The number of nitrogens with zero attached hydrogens (tertiary/aromatic N) is 3. The molecule has 1 N–H and O–H groups in total. The van der Waals surface area contributed by atoms with E-state index in [9.17, 15) is 4.79 Å². The van der Waals surface area contributed by atoms with E-state index in [0.717, 1.165) is 5.56 Å². The largest absolute Gasteiger partial charge is 0.496 e. The van der Waals surface area contributed by atoms with Crippen molar-refractivity contribution >= 4 is 17.7 Å². The van der Waals surface area contributed by atoms with Crippen molar-refractivity contribution < 1.29 is 9.53 Å². The summed E-state index contributed by atoms with van der Waals surface area (Å²) in [5.41, 5.74) is 0.230. The Balaban J connectivity index is 2.21. The molecule has 1 aromatic carbocycles. The Morgan fingerprint density at radius 3 is 2.71 bits per heavy atom. The van der Waals surface area contributed by atoms with Gasteiger partial charge in [-0.3, -0.25) is 9.36 Å². The SMILES string of the molecule is C#CC(CC)(CC)NC(=O)CSc1nnc(-c2ccccc2OC)n1CC=C. The second-order valence-corrected chi connectivity index (χ2v) is 7.12. The molecule has 1 heterocycles. The number of thioether (sulfide) groups is 1. The van der Waals surface area contributed by atoms with Crippen molar-refractivity contribution in [1.29, 1.82) is 0 Å². The average Bonchev–Trinajstić information content (AvgIpc) is 3.13. The summed E-state index contributed by atoms with van der Waals surface area (Å²) in [6.07, 6.45) is 8.75. The van der Waals surface area contributed by atoms with E-state index in [-0.39, 0.29) is 11.7 Å². The van der Waals surface area contributed by atoms with Crippen LogP contribution in [-0.2, 0) is 11.3 Å². The maximum absolute atomic E-state index is 12.4. The molecule has 0 fully saturated rings. The van der Waals surface area contributed by atoms with Crippen molar-refractivity contribution in [3.05, 3.63) is 36.9 Å². The number of hydrogen-bond donors (Lipinski definition) is 1. The number of rotatable bonds is 10. The fraction of sp³-hybridized carbons (Fsp3) is 0.381. The number of methoxy groups -OCH3 is 1. The minimum atomic E-state index is -0.602. The molecule has 0 aliphatic heterocycles. The molecule has 0 aliphatic carbocycles. The molecule has 7 heteroatoms. The molecule has 0 bridgehead atoms. The molecule has 0 atom stereocenters. The first-order valence-electron chi connectivity index (χ1n) is 9.13. The molecule has 0 spiro atoms. The van der Waals surface area contributed by atoms with Crippen LogP contribution in [0.5, 0.6) is 5.75 Å². The van der Waals surface area contributed by atoms with E-state index in [1.807, 2.05) is 42.7 Å². The van der Waals surface area contributed by atoms with Gasteiger partial charge in [-0.05, 0) is 25.0 Å². The van der Waals surface area contributed by atoms with E-state index in [0.29, 0.717) is 36.1 Å². The monoisotopic (exact) mass is 398 g/mol. The molecule has 2 rings (SSSR count). The number of aromatic nitrogens is 3. The number of benzene rings is 1. The lowest BCUT2D eigenvalue weighted by Gasteiger charge is -2.26. The number of ether oxygens (including phenoxy) is 1. The average molecular weight is 399 g/mol. The van der Waals surface area contributed by atoms with Crippen molar-refractivity contribution in [3.8, 4) is 29.5 Å². The van der Waals surface area contributed by atoms with Crippen LogP contribution in [0.4, 0.5) is 0 Å². The minimum absolute atomic E-state index is 0.126. The van der Waals surface area contributed by atoms with E-state index in [2.05, 4.69) is 28.0 Å². The Morgan fingerprint density at radius 1 is 1.39 bits per heavy atom. The minimum Gasteiger partial charge on any atom is -0.496 e.